The van der Waals surface area contributed by atoms with Gasteiger partial charge < -0.3 is 11.1 Å². The van der Waals surface area contributed by atoms with Crippen molar-refractivity contribution in [3.05, 3.63) is 28.0 Å². The van der Waals surface area contributed by atoms with E-state index in [-0.39, 0.29) is 26.4 Å². The summed E-state index contributed by atoms with van der Waals surface area (Å²) >= 11 is 4.67. The fourth-order valence-corrected chi connectivity index (χ4v) is 1.80. The molecule has 3 nitrogen and oxygen atoms in total. The molecule has 0 saturated carbocycles. The van der Waals surface area contributed by atoms with Gasteiger partial charge in [0.1, 0.15) is 5.82 Å². The number of halogens is 2. The summed E-state index contributed by atoms with van der Waals surface area (Å²) in [4.78, 5) is 11.9. The summed E-state index contributed by atoms with van der Waals surface area (Å²) in [6, 6.07) is 2.53. The highest BCUT2D eigenvalue weighted by Gasteiger charge is 2.19. The predicted molar refractivity (Wildman–Crippen MR) is 78.4 cm³/mol. The molecule has 0 spiro atoms. The second-order valence-electron chi connectivity index (χ2n) is 4.50. The Labute approximate surface area is 119 Å². The van der Waals surface area contributed by atoms with Crippen LogP contribution in [0.4, 0.5) is 10.1 Å². The minimum atomic E-state index is -0.501. The number of carbonyl (C=O) groups excluding carboxylic acids is 1. The highest BCUT2D eigenvalue weighted by Crippen LogP contribution is 2.23. The van der Waals surface area contributed by atoms with Gasteiger partial charge in [-0.15, -0.1) is 0 Å². The Morgan fingerprint density at radius 3 is 2.72 bits per heavy atom. The molecule has 1 rings (SSSR count). The molecule has 0 aliphatic carbocycles. The van der Waals surface area contributed by atoms with Crippen LogP contribution in [0.15, 0.2) is 16.6 Å². The van der Waals surface area contributed by atoms with Crippen molar-refractivity contribution in [1.82, 2.24) is 5.32 Å². The van der Waals surface area contributed by atoms with E-state index in [1.54, 1.807) is 11.8 Å². The summed E-state index contributed by atoms with van der Waals surface area (Å²) in [7, 11) is 0. The molecule has 6 heteroatoms. The van der Waals surface area contributed by atoms with E-state index in [0.717, 1.165) is 6.07 Å². The lowest BCUT2D eigenvalue weighted by atomic mass is 10.1. The number of rotatable bonds is 4. The third kappa shape index (κ3) is 3.88. The molecule has 0 radical (unpaired) electrons. The molecule has 0 aliphatic heterocycles. The van der Waals surface area contributed by atoms with Crippen molar-refractivity contribution >= 4 is 39.3 Å². The van der Waals surface area contributed by atoms with Crippen LogP contribution in [0, 0.1) is 5.82 Å². The van der Waals surface area contributed by atoms with Crippen LogP contribution in [0.3, 0.4) is 0 Å². The van der Waals surface area contributed by atoms with Gasteiger partial charge in [0.05, 0.1) is 10.0 Å². The van der Waals surface area contributed by atoms with Crippen LogP contribution >= 0.6 is 27.7 Å². The van der Waals surface area contributed by atoms with E-state index >= 15 is 0 Å². The van der Waals surface area contributed by atoms with E-state index in [4.69, 9.17) is 5.73 Å². The molecular weight excluding hydrogens is 319 g/mol. The van der Waals surface area contributed by atoms with E-state index in [9.17, 15) is 9.18 Å². The fourth-order valence-electron chi connectivity index (χ4n) is 1.22. The van der Waals surface area contributed by atoms with Gasteiger partial charge in [-0.1, -0.05) is 0 Å². The van der Waals surface area contributed by atoms with Crippen LogP contribution in [-0.2, 0) is 0 Å². The molecule has 1 aromatic rings. The first-order valence-corrected chi connectivity index (χ1v) is 7.36. The Hall–Kier alpha value is -0.750. The molecule has 0 fully saturated rings. The van der Waals surface area contributed by atoms with Gasteiger partial charge in [-0.25, -0.2) is 4.39 Å². The lowest BCUT2D eigenvalue weighted by Gasteiger charge is -2.22. The number of amides is 1. The molecule has 0 unspecified atom stereocenters. The normalized spacial score (nSPS) is 11.4. The first-order chi connectivity index (χ1) is 8.26. The van der Waals surface area contributed by atoms with Crippen LogP contribution in [0.1, 0.15) is 24.2 Å². The first kappa shape index (κ1) is 15.3. The molecule has 0 saturated heterocycles. The molecule has 0 aliphatic rings. The molecule has 3 N–H and O–H groups in total. The molecule has 100 valence electrons. The maximum atomic E-state index is 13.4. The molecular formula is C12H16BrFN2OS. The van der Waals surface area contributed by atoms with Crippen molar-refractivity contribution in [3.8, 4) is 0 Å². The van der Waals surface area contributed by atoms with Crippen molar-refractivity contribution in [2.75, 3.05) is 18.5 Å². The second kappa shape index (κ2) is 5.93. The third-order valence-electron chi connectivity index (χ3n) is 2.56. The van der Waals surface area contributed by atoms with Crippen molar-refractivity contribution in [2.45, 2.75) is 18.6 Å². The van der Waals surface area contributed by atoms with Gasteiger partial charge >= 0.3 is 0 Å². The number of benzene rings is 1. The van der Waals surface area contributed by atoms with Crippen LogP contribution < -0.4 is 11.1 Å². The minimum absolute atomic E-state index is 0.0711. The van der Waals surface area contributed by atoms with Gasteiger partial charge in [-0.2, -0.15) is 11.8 Å². The number of thioether (sulfide) groups is 1. The smallest absolute Gasteiger partial charge is 0.253 e. The molecule has 18 heavy (non-hydrogen) atoms. The Balaban J connectivity index is 2.82. The lowest BCUT2D eigenvalue weighted by Crippen LogP contribution is -2.36. The van der Waals surface area contributed by atoms with E-state index in [1.807, 2.05) is 20.1 Å². The van der Waals surface area contributed by atoms with Gasteiger partial charge in [-0.3, -0.25) is 4.79 Å². The standard InChI is InChI=1S/C12H16BrFN2OS/c1-12(2,18-3)6-16-11(17)7-4-9(14)8(13)5-10(7)15/h4-5H,6,15H2,1-3H3,(H,16,17). The number of hydrogen-bond donors (Lipinski definition) is 2. The van der Waals surface area contributed by atoms with E-state index in [1.165, 1.54) is 6.07 Å². The highest BCUT2D eigenvalue weighted by atomic mass is 79.9. The minimum Gasteiger partial charge on any atom is -0.398 e. The number of carbonyl (C=O) groups is 1. The SMILES string of the molecule is CSC(C)(C)CNC(=O)c1cc(F)c(Br)cc1N. The van der Waals surface area contributed by atoms with Crippen molar-refractivity contribution < 1.29 is 9.18 Å². The van der Waals surface area contributed by atoms with Crippen molar-refractivity contribution in [1.29, 1.82) is 0 Å². The average Bonchev–Trinajstić information content (AvgIpc) is 2.31. The van der Waals surface area contributed by atoms with E-state index < -0.39 is 5.82 Å². The van der Waals surface area contributed by atoms with Crippen LogP contribution in [-0.4, -0.2) is 23.5 Å². The summed E-state index contributed by atoms with van der Waals surface area (Å²) in [6.45, 7) is 4.52. The zero-order chi connectivity index (χ0) is 13.9. The van der Waals surface area contributed by atoms with E-state index in [0.29, 0.717) is 6.54 Å². The Bertz CT molecular complexity index is 466. The summed E-state index contributed by atoms with van der Waals surface area (Å²) in [5.41, 5.74) is 6.11. The Morgan fingerprint density at radius 2 is 2.17 bits per heavy atom. The fraction of sp³-hybridized carbons (Fsp3) is 0.417. The maximum absolute atomic E-state index is 13.4. The van der Waals surface area contributed by atoms with Crippen LogP contribution in [0.2, 0.25) is 0 Å². The van der Waals surface area contributed by atoms with Gasteiger partial charge in [0, 0.05) is 17.0 Å². The molecule has 0 heterocycles. The lowest BCUT2D eigenvalue weighted by molar-refractivity contribution is 0.0951. The molecule has 0 aromatic heterocycles. The van der Waals surface area contributed by atoms with Gasteiger partial charge in [-0.05, 0) is 48.2 Å². The first-order valence-electron chi connectivity index (χ1n) is 5.34. The molecule has 0 atom stereocenters. The summed E-state index contributed by atoms with van der Waals surface area (Å²) in [6.07, 6.45) is 1.97. The summed E-state index contributed by atoms with van der Waals surface area (Å²) in [5, 5.41) is 2.76. The van der Waals surface area contributed by atoms with Crippen LogP contribution in [0.5, 0.6) is 0 Å². The molecule has 0 bridgehead atoms. The third-order valence-corrected chi connectivity index (χ3v) is 4.42. The van der Waals surface area contributed by atoms with Crippen molar-refractivity contribution in [3.63, 3.8) is 0 Å². The van der Waals surface area contributed by atoms with Gasteiger partial charge in [0.25, 0.3) is 5.91 Å². The number of hydrogen-bond acceptors (Lipinski definition) is 3. The zero-order valence-corrected chi connectivity index (χ0v) is 12.9. The molecule has 1 aromatic carbocycles. The number of nitrogen functional groups attached to an aromatic ring is 1. The summed E-state index contributed by atoms with van der Waals surface area (Å²) in [5.74, 6) is -0.862. The predicted octanol–water partition coefficient (Wildman–Crippen LogP) is 3.04. The monoisotopic (exact) mass is 334 g/mol. The van der Waals surface area contributed by atoms with Gasteiger partial charge in [0.15, 0.2) is 0 Å². The van der Waals surface area contributed by atoms with E-state index in [2.05, 4.69) is 21.2 Å². The topological polar surface area (TPSA) is 55.1 Å². The number of anilines is 1. The Morgan fingerprint density at radius 1 is 1.56 bits per heavy atom. The second-order valence-corrected chi connectivity index (χ2v) is 6.87. The zero-order valence-electron chi connectivity index (χ0n) is 10.5. The van der Waals surface area contributed by atoms with Crippen LogP contribution in [0.25, 0.3) is 0 Å². The number of nitrogens with two attached hydrogens (primary N) is 1. The highest BCUT2D eigenvalue weighted by molar-refractivity contribution is 9.10. The maximum Gasteiger partial charge on any atom is 0.253 e. The van der Waals surface area contributed by atoms with Gasteiger partial charge in [0.2, 0.25) is 0 Å². The Kier molecular flexibility index (Phi) is 5.04. The average molecular weight is 335 g/mol. The molecule has 1 amide bonds. The summed E-state index contributed by atoms with van der Waals surface area (Å²) < 4.78 is 13.6. The quantitative estimate of drug-likeness (QED) is 0.832. The largest absolute Gasteiger partial charge is 0.398 e. The number of nitrogens with one attached hydrogen (secondary N) is 1. The van der Waals surface area contributed by atoms with Crippen molar-refractivity contribution in [2.24, 2.45) is 0 Å².